The summed E-state index contributed by atoms with van der Waals surface area (Å²) in [6, 6.07) is 7.57. The summed E-state index contributed by atoms with van der Waals surface area (Å²) >= 11 is 0. The maximum Gasteiger partial charge on any atom is 0.251 e. The predicted molar refractivity (Wildman–Crippen MR) is 101 cm³/mol. The fraction of sp³-hybridized carbons (Fsp3) is 0.600. The molecular formula is C20H29N3O4. The monoisotopic (exact) mass is 375 g/mol. The Morgan fingerprint density at radius 3 is 2.74 bits per heavy atom. The molecular weight excluding hydrogens is 346 g/mol. The molecule has 1 atom stereocenters. The minimum atomic E-state index is -0.288. The summed E-state index contributed by atoms with van der Waals surface area (Å²) in [6.07, 6.45) is 2.59. The third-order valence-corrected chi connectivity index (χ3v) is 5.01. The summed E-state index contributed by atoms with van der Waals surface area (Å²) in [7, 11) is 0. The Hall–Kier alpha value is -2.12. The molecule has 2 fully saturated rings. The highest BCUT2D eigenvalue weighted by molar-refractivity contribution is 5.82. The lowest BCUT2D eigenvalue weighted by atomic mass is 10.1. The van der Waals surface area contributed by atoms with Crippen molar-refractivity contribution in [1.82, 2.24) is 9.80 Å². The normalized spacial score (nSPS) is 20.4. The van der Waals surface area contributed by atoms with Gasteiger partial charge in [-0.05, 0) is 37.0 Å². The molecule has 0 spiro atoms. The Kier molecular flexibility index (Phi) is 7.06. The van der Waals surface area contributed by atoms with E-state index in [1.807, 2.05) is 34.1 Å². The largest absolute Gasteiger partial charge is 0.492 e. The Morgan fingerprint density at radius 2 is 1.96 bits per heavy atom. The van der Waals surface area contributed by atoms with Crippen molar-refractivity contribution in [2.75, 3.05) is 45.9 Å². The molecule has 2 aliphatic rings. The van der Waals surface area contributed by atoms with Gasteiger partial charge in [0, 0.05) is 39.3 Å². The standard InChI is InChI=1S/C20H29N3O4/c21-7-13-26-17-5-1-4-16(14-17)15-19(24)22-8-3-9-23(11-10-22)20(25)18-6-2-12-27-18/h1,4-5,14,18H,2-3,6-13,15,21H2. The lowest BCUT2D eigenvalue weighted by molar-refractivity contribution is -0.141. The number of nitrogens with zero attached hydrogens (tertiary/aromatic N) is 2. The summed E-state index contributed by atoms with van der Waals surface area (Å²) in [6.45, 7) is 4.09. The van der Waals surface area contributed by atoms with Gasteiger partial charge >= 0.3 is 0 Å². The second kappa shape index (κ2) is 9.71. The average Bonchev–Trinajstić information content (AvgIpc) is 3.10. The molecule has 0 aliphatic carbocycles. The van der Waals surface area contributed by atoms with Crippen LogP contribution in [-0.2, 0) is 20.7 Å². The van der Waals surface area contributed by atoms with Gasteiger partial charge in [-0.3, -0.25) is 9.59 Å². The molecule has 2 heterocycles. The first-order chi connectivity index (χ1) is 13.2. The van der Waals surface area contributed by atoms with Gasteiger partial charge in [0.05, 0.1) is 6.42 Å². The van der Waals surface area contributed by atoms with E-state index >= 15 is 0 Å². The van der Waals surface area contributed by atoms with Gasteiger partial charge in [0.25, 0.3) is 5.91 Å². The lowest BCUT2D eigenvalue weighted by Gasteiger charge is -2.24. The Morgan fingerprint density at radius 1 is 1.15 bits per heavy atom. The van der Waals surface area contributed by atoms with Crippen molar-refractivity contribution >= 4 is 11.8 Å². The van der Waals surface area contributed by atoms with Crippen LogP contribution in [0, 0.1) is 0 Å². The van der Waals surface area contributed by atoms with E-state index in [0.717, 1.165) is 30.6 Å². The fourth-order valence-electron chi connectivity index (χ4n) is 3.57. The van der Waals surface area contributed by atoms with Crippen molar-refractivity contribution in [3.05, 3.63) is 29.8 Å². The van der Waals surface area contributed by atoms with E-state index in [9.17, 15) is 9.59 Å². The third-order valence-electron chi connectivity index (χ3n) is 5.01. The lowest BCUT2D eigenvalue weighted by Crippen LogP contribution is -2.42. The number of benzene rings is 1. The number of carbonyl (C=O) groups is 2. The van der Waals surface area contributed by atoms with Crippen LogP contribution >= 0.6 is 0 Å². The number of ether oxygens (including phenoxy) is 2. The van der Waals surface area contributed by atoms with Crippen LogP contribution in [0.15, 0.2) is 24.3 Å². The molecule has 3 rings (SSSR count). The van der Waals surface area contributed by atoms with Crippen molar-refractivity contribution in [2.24, 2.45) is 5.73 Å². The molecule has 7 nitrogen and oxygen atoms in total. The summed E-state index contributed by atoms with van der Waals surface area (Å²) in [4.78, 5) is 28.9. The maximum atomic E-state index is 12.7. The molecule has 0 aromatic heterocycles. The van der Waals surface area contributed by atoms with Crippen molar-refractivity contribution in [3.63, 3.8) is 0 Å². The van der Waals surface area contributed by atoms with E-state index in [1.54, 1.807) is 0 Å². The van der Waals surface area contributed by atoms with Gasteiger partial charge in [-0.1, -0.05) is 12.1 Å². The van der Waals surface area contributed by atoms with Crippen LogP contribution in [0.5, 0.6) is 5.75 Å². The molecule has 27 heavy (non-hydrogen) atoms. The first kappa shape index (κ1) is 19.6. The number of carbonyl (C=O) groups excluding carboxylic acids is 2. The smallest absolute Gasteiger partial charge is 0.251 e. The number of hydrogen-bond acceptors (Lipinski definition) is 5. The van der Waals surface area contributed by atoms with Gasteiger partial charge in [0.1, 0.15) is 18.5 Å². The zero-order chi connectivity index (χ0) is 19.1. The molecule has 2 aliphatic heterocycles. The Bertz CT molecular complexity index is 646. The molecule has 0 radical (unpaired) electrons. The highest BCUT2D eigenvalue weighted by atomic mass is 16.5. The number of hydrogen-bond donors (Lipinski definition) is 1. The van der Waals surface area contributed by atoms with Crippen molar-refractivity contribution < 1.29 is 19.1 Å². The van der Waals surface area contributed by atoms with Crippen LogP contribution in [-0.4, -0.2) is 73.7 Å². The maximum absolute atomic E-state index is 12.7. The van der Waals surface area contributed by atoms with Gasteiger partial charge in [-0.2, -0.15) is 0 Å². The van der Waals surface area contributed by atoms with E-state index in [4.69, 9.17) is 15.2 Å². The average molecular weight is 375 g/mol. The van der Waals surface area contributed by atoms with E-state index in [-0.39, 0.29) is 17.9 Å². The number of nitrogens with two attached hydrogens (primary N) is 1. The molecule has 148 valence electrons. The Balaban J connectivity index is 1.52. The molecule has 1 unspecified atom stereocenters. The topological polar surface area (TPSA) is 85.1 Å². The second-order valence-corrected chi connectivity index (χ2v) is 7.02. The van der Waals surface area contributed by atoms with Crippen LogP contribution in [0.25, 0.3) is 0 Å². The molecule has 2 saturated heterocycles. The van der Waals surface area contributed by atoms with Gasteiger partial charge in [0.2, 0.25) is 5.91 Å². The second-order valence-electron chi connectivity index (χ2n) is 7.02. The zero-order valence-corrected chi connectivity index (χ0v) is 15.8. The number of rotatable bonds is 6. The van der Waals surface area contributed by atoms with Crippen LogP contribution in [0.3, 0.4) is 0 Å². The SMILES string of the molecule is NCCOc1cccc(CC(=O)N2CCCN(C(=O)C3CCCO3)CC2)c1. The molecule has 2 N–H and O–H groups in total. The zero-order valence-electron chi connectivity index (χ0n) is 15.8. The first-order valence-corrected chi connectivity index (χ1v) is 9.77. The summed E-state index contributed by atoms with van der Waals surface area (Å²) in [5, 5.41) is 0. The van der Waals surface area contributed by atoms with E-state index < -0.39 is 0 Å². The molecule has 0 saturated carbocycles. The van der Waals surface area contributed by atoms with Gasteiger partial charge in [-0.25, -0.2) is 0 Å². The van der Waals surface area contributed by atoms with E-state index in [2.05, 4.69) is 0 Å². The van der Waals surface area contributed by atoms with Crippen molar-refractivity contribution in [3.8, 4) is 5.75 Å². The predicted octanol–water partition coefficient (Wildman–Crippen LogP) is 0.807. The summed E-state index contributed by atoms with van der Waals surface area (Å²) < 4.78 is 11.0. The van der Waals surface area contributed by atoms with Gasteiger partial charge in [-0.15, -0.1) is 0 Å². The highest BCUT2D eigenvalue weighted by Gasteiger charge is 2.30. The van der Waals surface area contributed by atoms with Crippen molar-refractivity contribution in [2.45, 2.75) is 31.8 Å². The van der Waals surface area contributed by atoms with Gasteiger partial charge in [0.15, 0.2) is 0 Å². The minimum absolute atomic E-state index is 0.0755. The molecule has 2 amide bonds. The Labute approximate surface area is 160 Å². The highest BCUT2D eigenvalue weighted by Crippen LogP contribution is 2.17. The summed E-state index contributed by atoms with van der Waals surface area (Å²) in [5.41, 5.74) is 6.38. The number of amides is 2. The van der Waals surface area contributed by atoms with Crippen LogP contribution in [0.1, 0.15) is 24.8 Å². The van der Waals surface area contributed by atoms with E-state index in [1.165, 1.54) is 0 Å². The van der Waals surface area contributed by atoms with Crippen LogP contribution in [0.2, 0.25) is 0 Å². The quantitative estimate of drug-likeness (QED) is 0.795. The minimum Gasteiger partial charge on any atom is -0.492 e. The molecule has 1 aromatic carbocycles. The first-order valence-electron chi connectivity index (χ1n) is 9.77. The van der Waals surface area contributed by atoms with E-state index in [0.29, 0.717) is 52.4 Å². The third kappa shape index (κ3) is 5.43. The summed E-state index contributed by atoms with van der Waals surface area (Å²) in [5.74, 6) is 0.888. The van der Waals surface area contributed by atoms with Crippen LogP contribution in [0.4, 0.5) is 0 Å². The molecule has 7 heteroatoms. The van der Waals surface area contributed by atoms with Crippen molar-refractivity contribution in [1.29, 1.82) is 0 Å². The molecule has 1 aromatic rings. The molecule has 0 bridgehead atoms. The van der Waals surface area contributed by atoms with Crippen LogP contribution < -0.4 is 10.5 Å². The van der Waals surface area contributed by atoms with Gasteiger partial charge < -0.3 is 25.0 Å². The fourth-order valence-corrected chi connectivity index (χ4v) is 3.57.